The summed E-state index contributed by atoms with van der Waals surface area (Å²) in [7, 11) is 0.177. The van der Waals surface area contributed by atoms with Gasteiger partial charge >= 0.3 is 0 Å². The molecule has 0 aliphatic carbocycles. The highest BCUT2D eigenvalue weighted by molar-refractivity contribution is 7.95. The molecule has 1 aromatic heterocycles. The van der Waals surface area contributed by atoms with Crippen molar-refractivity contribution in [2.75, 3.05) is 25.1 Å². The smallest absolute Gasteiger partial charge is 0.117 e. The number of aliphatic hydroxyl groups excluding tert-OH is 1. The Morgan fingerprint density at radius 3 is 1.58 bits per heavy atom. The van der Waals surface area contributed by atoms with E-state index < -0.39 is 7.26 Å². The molecule has 0 saturated carbocycles. The summed E-state index contributed by atoms with van der Waals surface area (Å²) in [6.07, 6.45) is 0.989. The first-order chi connectivity index (χ1) is 14.7. The van der Waals surface area contributed by atoms with Crippen LogP contribution in [0.15, 0.2) is 103 Å². The van der Waals surface area contributed by atoms with Crippen molar-refractivity contribution >= 4 is 39.5 Å². The molecule has 4 aromatic rings. The Morgan fingerprint density at radius 2 is 1.16 bits per heavy atom. The first kappa shape index (κ1) is 23.9. The first-order valence-corrected chi connectivity index (χ1v) is 13.0. The van der Waals surface area contributed by atoms with Crippen molar-refractivity contribution in [1.29, 1.82) is 0 Å². The van der Waals surface area contributed by atoms with Crippen LogP contribution in [-0.4, -0.2) is 25.3 Å². The fourth-order valence-electron chi connectivity index (χ4n) is 3.92. The highest BCUT2D eigenvalue weighted by Gasteiger charge is 2.45. The van der Waals surface area contributed by atoms with Crippen molar-refractivity contribution in [2.24, 2.45) is 0 Å². The lowest BCUT2D eigenvalue weighted by molar-refractivity contribution is -0.00000692. The average molecular weight is 559 g/mol. The van der Waals surface area contributed by atoms with Gasteiger partial charge in [0.1, 0.15) is 29.3 Å². The number of halogens is 1. The Balaban J connectivity index is 0.00000272. The van der Waals surface area contributed by atoms with Crippen molar-refractivity contribution in [3.63, 3.8) is 0 Å². The van der Waals surface area contributed by atoms with Crippen LogP contribution in [0.3, 0.4) is 0 Å². The standard InChI is InChI=1S/C26H27NOPS.HI/c1-27(19-20-28)26-18-17-25(30-26)21-29(22-11-5-2-6-12-22,23-13-7-3-8-14-23)24-15-9-4-10-16-24;/h2-18,28H,19-21H2,1H3;1H/q+1;/p-1. The normalized spacial score (nSPS) is 11.0. The SMILES string of the molecule is CN(CCO)c1ccc(C[P+](c2ccccc2)(c2ccccc2)c2ccccc2)s1.[I-]. The first-order valence-electron chi connectivity index (χ1n) is 10.2. The molecule has 0 spiro atoms. The van der Waals surface area contributed by atoms with E-state index in [1.54, 1.807) is 0 Å². The molecule has 0 aliphatic heterocycles. The second-order valence-corrected chi connectivity index (χ2v) is 12.0. The Hall–Kier alpha value is -1.72. The summed E-state index contributed by atoms with van der Waals surface area (Å²) < 4.78 is 0. The lowest BCUT2D eigenvalue weighted by atomic mass is 10.4. The third kappa shape index (κ3) is 5.20. The van der Waals surface area contributed by atoms with Gasteiger partial charge in [-0.1, -0.05) is 54.6 Å². The molecule has 0 amide bonds. The molecular formula is C26H27INOPS. The highest BCUT2D eigenvalue weighted by Crippen LogP contribution is 2.59. The van der Waals surface area contributed by atoms with E-state index in [-0.39, 0.29) is 30.6 Å². The minimum absolute atomic E-state index is 0. The van der Waals surface area contributed by atoms with E-state index in [9.17, 15) is 5.11 Å². The molecule has 0 radical (unpaired) electrons. The molecule has 2 nitrogen and oxygen atoms in total. The van der Waals surface area contributed by atoms with Crippen molar-refractivity contribution in [1.82, 2.24) is 0 Å². The van der Waals surface area contributed by atoms with Gasteiger partial charge in [-0.05, 0) is 48.5 Å². The number of thiophene rings is 1. The molecule has 3 aromatic carbocycles. The second kappa shape index (κ2) is 11.2. The molecule has 0 atom stereocenters. The number of likely N-dealkylation sites (N-methyl/N-ethyl adjacent to an activating group) is 1. The van der Waals surface area contributed by atoms with Crippen molar-refractivity contribution in [2.45, 2.75) is 6.16 Å². The summed E-state index contributed by atoms with van der Waals surface area (Å²) in [5.41, 5.74) is 0. The summed E-state index contributed by atoms with van der Waals surface area (Å²) in [5.74, 6) is 0. The summed E-state index contributed by atoms with van der Waals surface area (Å²) in [5, 5.41) is 14.7. The molecule has 31 heavy (non-hydrogen) atoms. The van der Waals surface area contributed by atoms with Crippen LogP contribution in [0.4, 0.5) is 5.00 Å². The molecule has 0 fully saturated rings. The minimum atomic E-state index is -1.86. The number of aliphatic hydroxyl groups is 1. The maximum absolute atomic E-state index is 9.31. The van der Waals surface area contributed by atoms with Crippen molar-refractivity contribution in [3.8, 4) is 0 Å². The fourth-order valence-corrected chi connectivity index (χ4v) is 9.60. The zero-order valence-electron chi connectivity index (χ0n) is 17.6. The number of benzene rings is 3. The topological polar surface area (TPSA) is 23.5 Å². The molecule has 1 N–H and O–H groups in total. The maximum atomic E-state index is 9.31. The van der Waals surface area contributed by atoms with Crippen molar-refractivity contribution in [3.05, 3.63) is 108 Å². The maximum Gasteiger partial charge on any atom is 0.117 e. The Morgan fingerprint density at radius 1 is 0.710 bits per heavy atom. The Kier molecular flexibility index (Phi) is 8.67. The van der Waals surface area contributed by atoms with E-state index >= 15 is 0 Å². The Labute approximate surface area is 206 Å². The van der Waals surface area contributed by atoms with Crippen LogP contribution in [0.1, 0.15) is 4.88 Å². The van der Waals surface area contributed by atoms with Crippen LogP contribution in [0.5, 0.6) is 0 Å². The van der Waals surface area contributed by atoms with Gasteiger partial charge in [-0.25, -0.2) is 0 Å². The van der Waals surface area contributed by atoms with E-state index in [0.717, 1.165) is 6.16 Å². The van der Waals surface area contributed by atoms with Crippen molar-refractivity contribution < 1.29 is 29.1 Å². The van der Waals surface area contributed by atoms with E-state index in [1.807, 2.05) is 18.4 Å². The molecule has 4 rings (SSSR count). The summed E-state index contributed by atoms with van der Waals surface area (Å²) in [6, 6.07) is 37.4. The van der Waals surface area contributed by atoms with Gasteiger partial charge in [0.25, 0.3) is 0 Å². The highest BCUT2D eigenvalue weighted by atomic mass is 127. The number of hydrogen-bond acceptors (Lipinski definition) is 3. The third-order valence-corrected chi connectivity index (χ3v) is 11.2. The zero-order chi connectivity index (χ0) is 20.8. The van der Waals surface area contributed by atoms with Crippen LogP contribution in [0.2, 0.25) is 0 Å². The number of hydrogen-bond donors (Lipinski definition) is 1. The van der Waals surface area contributed by atoms with Crippen LogP contribution in [-0.2, 0) is 6.16 Å². The average Bonchev–Trinajstić information content (AvgIpc) is 3.28. The van der Waals surface area contributed by atoms with Gasteiger partial charge in [-0.15, -0.1) is 11.3 Å². The van der Waals surface area contributed by atoms with E-state index in [4.69, 9.17) is 0 Å². The predicted molar refractivity (Wildman–Crippen MR) is 134 cm³/mol. The van der Waals surface area contributed by atoms with Gasteiger partial charge in [-0.3, -0.25) is 0 Å². The van der Waals surface area contributed by atoms with Gasteiger partial charge in [0.15, 0.2) is 0 Å². The summed E-state index contributed by atoms with van der Waals surface area (Å²) in [4.78, 5) is 3.50. The number of rotatable bonds is 8. The van der Waals surface area contributed by atoms with E-state index in [1.165, 1.54) is 25.8 Å². The molecule has 1 heterocycles. The van der Waals surface area contributed by atoms with Crippen LogP contribution >= 0.6 is 18.6 Å². The molecule has 0 bridgehead atoms. The molecule has 5 heteroatoms. The lowest BCUT2D eigenvalue weighted by Crippen LogP contribution is -3.00. The number of anilines is 1. The lowest BCUT2D eigenvalue weighted by Gasteiger charge is -2.27. The van der Waals surface area contributed by atoms with Crippen LogP contribution < -0.4 is 44.8 Å². The second-order valence-electron chi connectivity index (χ2n) is 7.36. The summed E-state index contributed by atoms with van der Waals surface area (Å²) in [6.45, 7) is 0.814. The molecule has 160 valence electrons. The monoisotopic (exact) mass is 559 g/mol. The Bertz CT molecular complexity index is 960. The molecule has 0 aliphatic rings. The predicted octanol–water partition coefficient (Wildman–Crippen LogP) is 1.67. The molecule has 0 saturated heterocycles. The fraction of sp³-hybridized carbons (Fsp3) is 0.154. The van der Waals surface area contributed by atoms with Gasteiger partial charge < -0.3 is 34.0 Å². The zero-order valence-corrected chi connectivity index (χ0v) is 21.4. The molecular weight excluding hydrogens is 532 g/mol. The largest absolute Gasteiger partial charge is 1.00 e. The summed E-state index contributed by atoms with van der Waals surface area (Å²) >= 11 is 1.83. The third-order valence-electron chi connectivity index (χ3n) is 5.44. The van der Waals surface area contributed by atoms with Crippen LogP contribution in [0, 0.1) is 0 Å². The van der Waals surface area contributed by atoms with Gasteiger partial charge in [0.05, 0.1) is 11.6 Å². The van der Waals surface area contributed by atoms with Gasteiger partial charge in [0, 0.05) is 18.5 Å². The van der Waals surface area contributed by atoms with Crippen LogP contribution in [0.25, 0.3) is 0 Å². The van der Waals surface area contributed by atoms with E-state index in [2.05, 4.69) is 108 Å². The minimum Gasteiger partial charge on any atom is -1.00 e. The number of nitrogens with zero attached hydrogens (tertiary/aromatic N) is 1. The van der Waals surface area contributed by atoms with E-state index in [0.29, 0.717) is 6.54 Å². The molecule has 0 unspecified atom stereocenters. The van der Waals surface area contributed by atoms with Gasteiger partial charge in [-0.2, -0.15) is 0 Å². The quantitative estimate of drug-likeness (QED) is 0.263. The van der Waals surface area contributed by atoms with Gasteiger partial charge in [0.2, 0.25) is 0 Å².